The van der Waals surface area contributed by atoms with Gasteiger partial charge in [0.1, 0.15) is 17.6 Å². The smallest absolute Gasteiger partial charge is 0.163 e. The number of ether oxygens (including phenoxy) is 2. The van der Waals surface area contributed by atoms with Crippen molar-refractivity contribution >= 4 is 5.69 Å². The van der Waals surface area contributed by atoms with E-state index in [2.05, 4.69) is 10.3 Å². The normalized spacial score (nSPS) is 11.4. The van der Waals surface area contributed by atoms with Gasteiger partial charge in [-0.05, 0) is 25.1 Å². The molecule has 0 saturated heterocycles. The van der Waals surface area contributed by atoms with Gasteiger partial charge in [0.25, 0.3) is 0 Å². The molecule has 1 aromatic heterocycles. The Balaban J connectivity index is 2.24. The molecule has 22 heavy (non-hydrogen) atoms. The van der Waals surface area contributed by atoms with Crippen LogP contribution in [0, 0.1) is 17.1 Å². The topological polar surface area (TPSA) is 67.2 Å². The number of hydrogen-bond donors (Lipinski definition) is 1. The molecule has 2 aromatic rings. The molecule has 0 fully saturated rings. The molecule has 0 spiro atoms. The van der Waals surface area contributed by atoms with Crippen molar-refractivity contribution in [2.45, 2.75) is 13.0 Å². The van der Waals surface area contributed by atoms with Crippen LogP contribution in [0.4, 0.5) is 10.1 Å². The number of methoxy groups -OCH3 is 2. The van der Waals surface area contributed by atoms with E-state index in [0.717, 1.165) is 0 Å². The molecule has 114 valence electrons. The molecule has 1 N–H and O–H groups in total. The van der Waals surface area contributed by atoms with Crippen LogP contribution in [0.5, 0.6) is 11.5 Å². The van der Waals surface area contributed by atoms with Crippen LogP contribution in [-0.2, 0) is 0 Å². The first kappa shape index (κ1) is 15.6. The van der Waals surface area contributed by atoms with Gasteiger partial charge in [-0.1, -0.05) is 0 Å². The Morgan fingerprint density at radius 3 is 2.45 bits per heavy atom. The fourth-order valence-electron chi connectivity index (χ4n) is 2.07. The summed E-state index contributed by atoms with van der Waals surface area (Å²) in [5.41, 5.74) is 1.47. The fraction of sp³-hybridized carbons (Fsp3) is 0.250. The number of aromatic nitrogens is 1. The quantitative estimate of drug-likeness (QED) is 0.918. The van der Waals surface area contributed by atoms with Crippen molar-refractivity contribution in [1.29, 1.82) is 5.26 Å². The maximum Gasteiger partial charge on any atom is 0.163 e. The van der Waals surface area contributed by atoms with Crippen LogP contribution in [0.25, 0.3) is 0 Å². The number of nitrogens with one attached hydrogen (secondary N) is 1. The fourth-order valence-corrected chi connectivity index (χ4v) is 2.07. The maximum absolute atomic E-state index is 14.2. The van der Waals surface area contributed by atoms with Gasteiger partial charge in [-0.15, -0.1) is 0 Å². The number of hydrogen-bond acceptors (Lipinski definition) is 5. The first-order chi connectivity index (χ1) is 10.6. The molecule has 0 aliphatic heterocycles. The number of rotatable bonds is 5. The number of anilines is 1. The van der Waals surface area contributed by atoms with Crippen LogP contribution in [0.2, 0.25) is 0 Å². The summed E-state index contributed by atoms with van der Waals surface area (Å²) < 4.78 is 24.5. The summed E-state index contributed by atoms with van der Waals surface area (Å²) >= 11 is 0. The maximum atomic E-state index is 14.2. The molecule has 0 amide bonds. The Morgan fingerprint density at radius 2 is 1.91 bits per heavy atom. The molecule has 1 heterocycles. The number of nitrogens with zero attached hydrogens (tertiary/aromatic N) is 2. The summed E-state index contributed by atoms with van der Waals surface area (Å²) in [5, 5.41) is 11.9. The molecular weight excluding hydrogens is 285 g/mol. The minimum Gasteiger partial charge on any atom is -0.493 e. The van der Waals surface area contributed by atoms with Gasteiger partial charge in [-0.3, -0.25) is 0 Å². The summed E-state index contributed by atoms with van der Waals surface area (Å²) in [6, 6.07) is 7.85. The first-order valence-electron chi connectivity index (χ1n) is 6.63. The molecule has 0 unspecified atom stereocenters. The Morgan fingerprint density at radius 1 is 1.23 bits per heavy atom. The highest BCUT2D eigenvalue weighted by Gasteiger charge is 2.16. The zero-order chi connectivity index (χ0) is 16.1. The predicted octanol–water partition coefficient (Wildman–Crippen LogP) is 3.28. The van der Waals surface area contributed by atoms with Gasteiger partial charge in [0.15, 0.2) is 11.5 Å². The Hall–Kier alpha value is -2.81. The van der Waals surface area contributed by atoms with E-state index in [1.54, 1.807) is 18.2 Å². The second-order valence-electron chi connectivity index (χ2n) is 4.64. The zero-order valence-corrected chi connectivity index (χ0v) is 12.6. The number of pyridine rings is 1. The van der Waals surface area contributed by atoms with E-state index < -0.39 is 0 Å². The van der Waals surface area contributed by atoms with E-state index in [9.17, 15) is 4.39 Å². The number of benzene rings is 1. The molecule has 2 rings (SSSR count). The Kier molecular flexibility index (Phi) is 4.79. The summed E-state index contributed by atoms with van der Waals surface area (Å²) in [6.45, 7) is 1.82. The van der Waals surface area contributed by atoms with E-state index in [4.69, 9.17) is 14.7 Å². The third kappa shape index (κ3) is 3.26. The first-order valence-corrected chi connectivity index (χ1v) is 6.63. The summed E-state index contributed by atoms with van der Waals surface area (Å²) in [4.78, 5) is 3.97. The number of nitriles is 1. The van der Waals surface area contributed by atoms with Crippen molar-refractivity contribution in [3.8, 4) is 17.6 Å². The van der Waals surface area contributed by atoms with Crippen LogP contribution < -0.4 is 14.8 Å². The van der Waals surface area contributed by atoms with Gasteiger partial charge in [0.2, 0.25) is 0 Å². The van der Waals surface area contributed by atoms with Crippen LogP contribution in [0.1, 0.15) is 24.2 Å². The minimum absolute atomic E-state index is 0.311. The molecule has 0 saturated carbocycles. The van der Waals surface area contributed by atoms with E-state index in [1.807, 2.05) is 13.0 Å². The lowest BCUT2D eigenvalue weighted by atomic mass is 10.1. The van der Waals surface area contributed by atoms with Gasteiger partial charge >= 0.3 is 0 Å². The van der Waals surface area contributed by atoms with Gasteiger partial charge in [-0.2, -0.15) is 5.26 Å². The van der Waals surface area contributed by atoms with Crippen molar-refractivity contribution in [2.24, 2.45) is 0 Å². The van der Waals surface area contributed by atoms with Gasteiger partial charge < -0.3 is 14.8 Å². The van der Waals surface area contributed by atoms with Crippen LogP contribution >= 0.6 is 0 Å². The second kappa shape index (κ2) is 6.76. The highest BCUT2D eigenvalue weighted by Crippen LogP contribution is 2.33. The third-order valence-corrected chi connectivity index (χ3v) is 3.23. The molecule has 5 nitrogen and oxygen atoms in total. The molecular formula is C16H16FN3O2. The highest BCUT2D eigenvalue weighted by atomic mass is 19.1. The third-order valence-electron chi connectivity index (χ3n) is 3.23. The monoisotopic (exact) mass is 301 g/mol. The standard InChI is InChI=1S/C16H16FN3O2/c1-10(20-12-5-4-11(8-18)19-9-12)13-6-15(21-2)16(22-3)7-14(13)17/h4-7,9-10,20H,1-3H3/t10-/m0/s1. The van der Waals surface area contributed by atoms with Crippen LogP contribution in [0.3, 0.4) is 0 Å². The number of halogens is 1. The molecule has 0 aliphatic carbocycles. The summed E-state index contributed by atoms with van der Waals surface area (Å²) in [6.07, 6.45) is 1.54. The average molecular weight is 301 g/mol. The van der Waals surface area contributed by atoms with E-state index in [0.29, 0.717) is 28.4 Å². The zero-order valence-electron chi connectivity index (χ0n) is 12.6. The lowest BCUT2D eigenvalue weighted by molar-refractivity contribution is 0.351. The largest absolute Gasteiger partial charge is 0.493 e. The SMILES string of the molecule is COc1cc(F)c([C@H](C)Nc2ccc(C#N)nc2)cc1OC. The van der Waals surface area contributed by atoms with Gasteiger partial charge in [0, 0.05) is 11.6 Å². The second-order valence-corrected chi connectivity index (χ2v) is 4.64. The minimum atomic E-state index is -0.390. The molecule has 0 aliphatic rings. The summed E-state index contributed by atoms with van der Waals surface area (Å²) in [7, 11) is 2.96. The molecule has 0 bridgehead atoms. The molecule has 1 aromatic carbocycles. The average Bonchev–Trinajstić information content (AvgIpc) is 2.55. The highest BCUT2D eigenvalue weighted by molar-refractivity contribution is 5.49. The van der Waals surface area contributed by atoms with E-state index >= 15 is 0 Å². The van der Waals surface area contributed by atoms with Crippen molar-refractivity contribution in [3.63, 3.8) is 0 Å². The lowest BCUT2D eigenvalue weighted by Gasteiger charge is -2.18. The van der Waals surface area contributed by atoms with Crippen LogP contribution in [-0.4, -0.2) is 19.2 Å². The summed E-state index contributed by atoms with van der Waals surface area (Å²) in [5.74, 6) is 0.417. The van der Waals surface area contributed by atoms with E-state index in [1.165, 1.54) is 26.5 Å². The predicted molar refractivity (Wildman–Crippen MR) is 80.5 cm³/mol. The van der Waals surface area contributed by atoms with Crippen molar-refractivity contribution < 1.29 is 13.9 Å². The van der Waals surface area contributed by atoms with Crippen molar-refractivity contribution in [3.05, 3.63) is 47.5 Å². The molecule has 1 atom stereocenters. The van der Waals surface area contributed by atoms with Gasteiger partial charge in [0.05, 0.1) is 32.1 Å². The van der Waals surface area contributed by atoms with Crippen LogP contribution in [0.15, 0.2) is 30.5 Å². The van der Waals surface area contributed by atoms with Crippen molar-refractivity contribution in [1.82, 2.24) is 4.98 Å². The van der Waals surface area contributed by atoms with Gasteiger partial charge in [-0.25, -0.2) is 9.37 Å². The molecule has 6 heteroatoms. The van der Waals surface area contributed by atoms with Crippen molar-refractivity contribution in [2.75, 3.05) is 19.5 Å². The lowest BCUT2D eigenvalue weighted by Crippen LogP contribution is -2.09. The molecule has 0 radical (unpaired) electrons. The Bertz CT molecular complexity index is 696. The van der Waals surface area contributed by atoms with E-state index in [-0.39, 0.29) is 11.9 Å². The Labute approximate surface area is 128 Å².